The van der Waals surface area contributed by atoms with E-state index in [4.69, 9.17) is 0 Å². The smallest absolute Gasteiger partial charge is 0.254 e. The Kier molecular flexibility index (Phi) is 3.63. The number of rotatable bonds is 2. The molecule has 0 radical (unpaired) electrons. The van der Waals surface area contributed by atoms with Gasteiger partial charge in [0.25, 0.3) is 5.91 Å². The number of aryl methyl sites for hydroxylation is 1. The van der Waals surface area contributed by atoms with E-state index in [2.05, 4.69) is 29.7 Å². The molecule has 4 heterocycles. The van der Waals surface area contributed by atoms with Crippen LogP contribution in [0.3, 0.4) is 0 Å². The molecule has 0 aromatic carbocycles. The van der Waals surface area contributed by atoms with Gasteiger partial charge in [0.2, 0.25) is 0 Å². The number of aromatic amines is 1. The Morgan fingerprint density at radius 1 is 1.19 bits per heavy atom. The SMILES string of the molecule is Cc1cc(C(=O)N2CCCN(c3ncnc4[nH]ccc34)CC23CC3)ccn1. The van der Waals surface area contributed by atoms with Crippen molar-refractivity contribution in [3.8, 4) is 0 Å². The molecule has 0 unspecified atom stereocenters. The molecule has 2 aliphatic rings. The Bertz CT molecular complexity index is 1010. The molecule has 1 amide bonds. The van der Waals surface area contributed by atoms with E-state index in [0.717, 1.165) is 67.0 Å². The molecule has 5 rings (SSSR count). The first kappa shape index (κ1) is 16.2. The van der Waals surface area contributed by atoms with Crippen LogP contribution in [0.4, 0.5) is 5.82 Å². The first-order valence-corrected chi connectivity index (χ1v) is 9.44. The van der Waals surface area contributed by atoms with Crippen LogP contribution in [0, 0.1) is 6.92 Å². The predicted molar refractivity (Wildman–Crippen MR) is 103 cm³/mol. The van der Waals surface area contributed by atoms with E-state index in [0.29, 0.717) is 0 Å². The van der Waals surface area contributed by atoms with Gasteiger partial charge in [0.1, 0.15) is 17.8 Å². The Morgan fingerprint density at radius 2 is 2.07 bits per heavy atom. The van der Waals surface area contributed by atoms with Crippen LogP contribution in [0.25, 0.3) is 11.0 Å². The third kappa shape index (κ3) is 2.74. The monoisotopic (exact) mass is 362 g/mol. The number of pyridine rings is 1. The largest absolute Gasteiger partial charge is 0.354 e. The van der Waals surface area contributed by atoms with Gasteiger partial charge in [-0.1, -0.05) is 0 Å². The highest BCUT2D eigenvalue weighted by Gasteiger charge is 2.52. The van der Waals surface area contributed by atoms with Crippen molar-refractivity contribution in [1.29, 1.82) is 0 Å². The van der Waals surface area contributed by atoms with E-state index < -0.39 is 0 Å². The normalized spacial score (nSPS) is 18.7. The van der Waals surface area contributed by atoms with Crippen molar-refractivity contribution in [3.05, 3.63) is 48.2 Å². The van der Waals surface area contributed by atoms with Gasteiger partial charge in [-0.05, 0) is 44.4 Å². The molecule has 0 bridgehead atoms. The fourth-order valence-corrected chi connectivity index (χ4v) is 4.19. The molecule has 1 saturated carbocycles. The van der Waals surface area contributed by atoms with Gasteiger partial charge in [-0.15, -0.1) is 0 Å². The first-order chi connectivity index (χ1) is 13.2. The zero-order valence-corrected chi connectivity index (χ0v) is 15.4. The summed E-state index contributed by atoms with van der Waals surface area (Å²) in [7, 11) is 0. The van der Waals surface area contributed by atoms with E-state index in [1.807, 2.05) is 31.3 Å². The topological polar surface area (TPSA) is 78.0 Å². The minimum absolute atomic E-state index is 0.0850. The van der Waals surface area contributed by atoms with Gasteiger partial charge in [0, 0.05) is 43.3 Å². The van der Waals surface area contributed by atoms with Crippen molar-refractivity contribution in [3.63, 3.8) is 0 Å². The van der Waals surface area contributed by atoms with E-state index in [-0.39, 0.29) is 11.4 Å². The summed E-state index contributed by atoms with van der Waals surface area (Å²) >= 11 is 0. The average Bonchev–Trinajstić information content (AvgIpc) is 3.34. The van der Waals surface area contributed by atoms with Gasteiger partial charge in [0.05, 0.1) is 10.9 Å². The van der Waals surface area contributed by atoms with Crippen molar-refractivity contribution >= 4 is 22.8 Å². The number of hydrogen-bond acceptors (Lipinski definition) is 5. The van der Waals surface area contributed by atoms with Crippen LogP contribution in [0.2, 0.25) is 0 Å². The number of hydrogen-bond donors (Lipinski definition) is 1. The number of nitrogens with zero attached hydrogens (tertiary/aromatic N) is 5. The number of amides is 1. The van der Waals surface area contributed by atoms with E-state index >= 15 is 0 Å². The van der Waals surface area contributed by atoms with Crippen molar-refractivity contribution in [2.75, 3.05) is 24.5 Å². The van der Waals surface area contributed by atoms with E-state index in [9.17, 15) is 4.79 Å². The van der Waals surface area contributed by atoms with Crippen LogP contribution in [0.5, 0.6) is 0 Å². The summed E-state index contributed by atoms with van der Waals surface area (Å²) < 4.78 is 0. The molecule has 7 heteroatoms. The zero-order valence-electron chi connectivity index (χ0n) is 15.4. The van der Waals surface area contributed by atoms with Gasteiger partial charge >= 0.3 is 0 Å². The van der Waals surface area contributed by atoms with Crippen molar-refractivity contribution in [2.24, 2.45) is 0 Å². The molecule has 3 aromatic heterocycles. The maximum atomic E-state index is 13.2. The molecule has 3 aromatic rings. The lowest BCUT2D eigenvalue weighted by Crippen LogP contribution is -2.46. The Morgan fingerprint density at radius 3 is 2.89 bits per heavy atom. The van der Waals surface area contributed by atoms with Gasteiger partial charge in [-0.3, -0.25) is 9.78 Å². The van der Waals surface area contributed by atoms with E-state index in [1.54, 1.807) is 12.5 Å². The number of carbonyl (C=O) groups excluding carboxylic acids is 1. The Hall–Kier alpha value is -2.96. The predicted octanol–water partition coefficient (Wildman–Crippen LogP) is 2.55. The lowest BCUT2D eigenvalue weighted by molar-refractivity contribution is 0.0669. The second kappa shape index (κ2) is 6.04. The number of nitrogens with one attached hydrogen (secondary N) is 1. The standard InChI is InChI=1S/C20H22N6O/c1-14-11-15(3-7-21-14)19(27)26-10-2-9-25(12-20(26)5-6-20)18-16-4-8-22-17(16)23-13-24-18/h3-4,7-8,11,13H,2,5-6,9-10,12H2,1H3,(H,22,23,24). The number of H-pyrrole nitrogens is 1. The zero-order chi connectivity index (χ0) is 18.4. The van der Waals surface area contributed by atoms with Crippen LogP contribution in [0.15, 0.2) is 36.9 Å². The quantitative estimate of drug-likeness (QED) is 0.758. The molecule has 0 atom stereocenters. The lowest BCUT2D eigenvalue weighted by atomic mass is 10.1. The van der Waals surface area contributed by atoms with Crippen LogP contribution in [0.1, 0.15) is 35.3 Å². The summed E-state index contributed by atoms with van der Waals surface area (Å²) in [5.74, 6) is 1.08. The highest BCUT2D eigenvalue weighted by atomic mass is 16.2. The molecular weight excluding hydrogens is 340 g/mol. The first-order valence-electron chi connectivity index (χ1n) is 9.44. The summed E-state index contributed by atoms with van der Waals surface area (Å²) in [4.78, 5) is 33.9. The second-order valence-electron chi connectivity index (χ2n) is 7.58. The third-order valence-electron chi connectivity index (χ3n) is 5.72. The molecule has 1 N–H and O–H groups in total. The minimum Gasteiger partial charge on any atom is -0.354 e. The lowest BCUT2D eigenvalue weighted by Gasteiger charge is -2.32. The molecule has 1 aliphatic carbocycles. The third-order valence-corrected chi connectivity index (χ3v) is 5.72. The maximum absolute atomic E-state index is 13.2. The molecule has 2 fully saturated rings. The van der Waals surface area contributed by atoms with Gasteiger partial charge < -0.3 is 14.8 Å². The Labute approximate surface area is 157 Å². The van der Waals surface area contributed by atoms with Crippen LogP contribution in [-0.2, 0) is 0 Å². The number of fused-ring (bicyclic) bond motifs is 1. The van der Waals surface area contributed by atoms with Crippen LogP contribution in [-0.4, -0.2) is 55.9 Å². The Balaban J connectivity index is 1.46. The van der Waals surface area contributed by atoms with Gasteiger partial charge in [-0.2, -0.15) is 0 Å². The van der Waals surface area contributed by atoms with Crippen molar-refractivity contribution in [2.45, 2.75) is 31.7 Å². The average molecular weight is 362 g/mol. The summed E-state index contributed by atoms with van der Waals surface area (Å²) in [5, 5.41) is 1.04. The number of anilines is 1. The molecule has 1 saturated heterocycles. The molecule has 7 nitrogen and oxygen atoms in total. The number of aromatic nitrogens is 4. The summed E-state index contributed by atoms with van der Waals surface area (Å²) in [5.41, 5.74) is 2.38. The van der Waals surface area contributed by atoms with E-state index in [1.165, 1.54) is 0 Å². The highest BCUT2D eigenvalue weighted by molar-refractivity contribution is 5.95. The fourth-order valence-electron chi connectivity index (χ4n) is 4.19. The molecule has 138 valence electrons. The molecule has 27 heavy (non-hydrogen) atoms. The molecule has 1 aliphatic heterocycles. The van der Waals surface area contributed by atoms with Crippen LogP contribution < -0.4 is 4.90 Å². The van der Waals surface area contributed by atoms with Gasteiger partial charge in [-0.25, -0.2) is 9.97 Å². The van der Waals surface area contributed by atoms with Gasteiger partial charge in [0.15, 0.2) is 0 Å². The maximum Gasteiger partial charge on any atom is 0.254 e. The van der Waals surface area contributed by atoms with Crippen LogP contribution >= 0.6 is 0 Å². The minimum atomic E-state index is -0.0850. The fraction of sp³-hybridized carbons (Fsp3) is 0.400. The number of carbonyl (C=O) groups is 1. The molecule has 1 spiro atoms. The summed E-state index contributed by atoms with van der Waals surface area (Å²) in [6.45, 7) is 4.40. The second-order valence-corrected chi connectivity index (χ2v) is 7.58. The summed E-state index contributed by atoms with van der Waals surface area (Å²) in [6, 6.07) is 5.73. The highest BCUT2D eigenvalue weighted by Crippen LogP contribution is 2.45. The summed E-state index contributed by atoms with van der Waals surface area (Å²) in [6.07, 6.45) is 8.24. The molecular formula is C20H22N6O. The van der Waals surface area contributed by atoms with Crippen molar-refractivity contribution in [1.82, 2.24) is 24.8 Å². The van der Waals surface area contributed by atoms with Crippen molar-refractivity contribution < 1.29 is 4.79 Å².